The third-order valence-electron chi connectivity index (χ3n) is 2.72. The predicted octanol–water partition coefficient (Wildman–Crippen LogP) is 2.17. The topological polar surface area (TPSA) is 45.3 Å². The van der Waals surface area contributed by atoms with Crippen LogP contribution in [-0.2, 0) is 11.3 Å². The number of nitrogens with zero attached hydrogens (tertiary/aromatic N) is 2. The van der Waals surface area contributed by atoms with Crippen molar-refractivity contribution in [2.45, 2.75) is 13.5 Å². The maximum absolute atomic E-state index is 11.8. The van der Waals surface area contributed by atoms with E-state index >= 15 is 0 Å². The summed E-state index contributed by atoms with van der Waals surface area (Å²) >= 11 is 6.07. The highest BCUT2D eigenvalue weighted by molar-refractivity contribution is 6.34. The number of carbonyl (C=O) groups is 1. The highest BCUT2D eigenvalue weighted by Gasteiger charge is 2.08. The van der Waals surface area contributed by atoms with E-state index in [0.29, 0.717) is 10.7 Å². The van der Waals surface area contributed by atoms with E-state index in [1.165, 1.54) is 0 Å². The Balaban J connectivity index is 1.99. The van der Waals surface area contributed by atoms with Crippen molar-refractivity contribution in [3.63, 3.8) is 0 Å². The molecule has 0 aliphatic heterocycles. The standard InChI is InChI=1S/C15H14ClN3O/c1-12(13-7-3-4-8-14(13)16)17-18-15(20)11-19-9-5-2-6-10-19/h2-10H,11H2,1H3/p+1. The molecule has 2 aromatic rings. The highest BCUT2D eigenvalue weighted by Crippen LogP contribution is 2.15. The fraction of sp³-hybridized carbons (Fsp3) is 0.133. The first-order valence-electron chi connectivity index (χ1n) is 6.19. The van der Waals surface area contributed by atoms with Gasteiger partial charge in [-0.25, -0.2) is 5.43 Å². The molecule has 1 amide bonds. The first-order chi connectivity index (χ1) is 9.66. The maximum atomic E-state index is 11.8. The van der Waals surface area contributed by atoms with Gasteiger partial charge in [-0.3, -0.25) is 4.79 Å². The molecule has 1 N–H and O–H groups in total. The van der Waals surface area contributed by atoms with Crippen molar-refractivity contribution >= 4 is 23.2 Å². The average molecular weight is 289 g/mol. The Morgan fingerprint density at radius 2 is 1.90 bits per heavy atom. The summed E-state index contributed by atoms with van der Waals surface area (Å²) in [4.78, 5) is 11.8. The third kappa shape index (κ3) is 3.90. The number of hydrogen-bond donors (Lipinski definition) is 1. The van der Waals surface area contributed by atoms with Crippen LogP contribution in [0, 0.1) is 0 Å². The van der Waals surface area contributed by atoms with E-state index in [1.54, 1.807) is 17.6 Å². The van der Waals surface area contributed by atoms with Crippen molar-refractivity contribution in [3.8, 4) is 0 Å². The van der Waals surface area contributed by atoms with Crippen LogP contribution in [0.3, 0.4) is 0 Å². The molecule has 0 unspecified atom stereocenters. The van der Waals surface area contributed by atoms with Crippen LogP contribution in [-0.4, -0.2) is 11.6 Å². The van der Waals surface area contributed by atoms with E-state index in [-0.39, 0.29) is 12.5 Å². The van der Waals surface area contributed by atoms with Gasteiger partial charge in [0, 0.05) is 22.7 Å². The minimum Gasteiger partial charge on any atom is -0.266 e. The van der Waals surface area contributed by atoms with Crippen LogP contribution in [0.25, 0.3) is 0 Å². The Hall–Kier alpha value is -2.20. The van der Waals surface area contributed by atoms with Crippen molar-refractivity contribution in [2.75, 3.05) is 0 Å². The van der Waals surface area contributed by atoms with E-state index in [9.17, 15) is 4.79 Å². The van der Waals surface area contributed by atoms with Gasteiger partial charge in [-0.05, 0) is 13.0 Å². The largest absolute Gasteiger partial charge is 0.305 e. The molecule has 0 saturated heterocycles. The summed E-state index contributed by atoms with van der Waals surface area (Å²) in [5.74, 6) is -0.187. The lowest BCUT2D eigenvalue weighted by Crippen LogP contribution is -2.41. The molecule has 1 aromatic heterocycles. The molecule has 0 atom stereocenters. The molecule has 1 aromatic carbocycles. The highest BCUT2D eigenvalue weighted by atomic mass is 35.5. The van der Waals surface area contributed by atoms with Crippen molar-refractivity contribution in [1.29, 1.82) is 0 Å². The summed E-state index contributed by atoms with van der Waals surface area (Å²) in [6, 6.07) is 13.0. The lowest BCUT2D eigenvalue weighted by atomic mass is 10.1. The normalized spacial score (nSPS) is 11.2. The Kier molecular flexibility index (Phi) is 4.85. The Morgan fingerprint density at radius 3 is 2.60 bits per heavy atom. The number of aromatic nitrogens is 1. The van der Waals surface area contributed by atoms with E-state index in [2.05, 4.69) is 10.5 Å². The van der Waals surface area contributed by atoms with Gasteiger partial charge < -0.3 is 0 Å². The summed E-state index contributed by atoms with van der Waals surface area (Å²) in [5, 5.41) is 4.68. The Labute approximate surface area is 122 Å². The monoisotopic (exact) mass is 288 g/mol. The molecule has 0 spiro atoms. The molecule has 0 saturated carbocycles. The predicted molar refractivity (Wildman–Crippen MR) is 78.4 cm³/mol. The van der Waals surface area contributed by atoms with Crippen molar-refractivity contribution < 1.29 is 9.36 Å². The van der Waals surface area contributed by atoms with Crippen LogP contribution in [0.15, 0.2) is 60.0 Å². The summed E-state index contributed by atoms with van der Waals surface area (Å²) in [7, 11) is 0. The molecule has 0 aliphatic rings. The van der Waals surface area contributed by atoms with E-state index in [4.69, 9.17) is 11.6 Å². The summed E-state index contributed by atoms with van der Waals surface area (Å²) < 4.78 is 1.77. The molecule has 20 heavy (non-hydrogen) atoms. The van der Waals surface area contributed by atoms with Gasteiger partial charge in [-0.15, -0.1) is 0 Å². The van der Waals surface area contributed by atoms with Crippen molar-refractivity contribution in [2.24, 2.45) is 5.10 Å². The van der Waals surface area contributed by atoms with Crippen LogP contribution in [0.2, 0.25) is 5.02 Å². The number of hydrogen-bond acceptors (Lipinski definition) is 2. The Morgan fingerprint density at radius 1 is 1.20 bits per heavy atom. The number of rotatable bonds is 4. The lowest BCUT2D eigenvalue weighted by molar-refractivity contribution is -0.684. The van der Waals surface area contributed by atoms with Crippen LogP contribution in [0.1, 0.15) is 12.5 Å². The molecule has 1 heterocycles. The van der Waals surface area contributed by atoms with Gasteiger partial charge in [-0.2, -0.15) is 9.67 Å². The molecule has 5 heteroatoms. The maximum Gasteiger partial charge on any atom is 0.305 e. The smallest absolute Gasteiger partial charge is 0.266 e. The number of halogens is 1. The van der Waals surface area contributed by atoms with Gasteiger partial charge in [0.05, 0.1) is 5.71 Å². The van der Waals surface area contributed by atoms with Crippen molar-refractivity contribution in [1.82, 2.24) is 5.43 Å². The van der Waals surface area contributed by atoms with Gasteiger partial charge >= 0.3 is 5.91 Å². The summed E-state index contributed by atoms with van der Waals surface area (Å²) in [6.07, 6.45) is 3.65. The van der Waals surface area contributed by atoms with Gasteiger partial charge in [-0.1, -0.05) is 35.9 Å². The van der Waals surface area contributed by atoms with Crippen LogP contribution in [0.4, 0.5) is 0 Å². The fourth-order valence-corrected chi connectivity index (χ4v) is 1.97. The van der Waals surface area contributed by atoms with E-state index in [0.717, 1.165) is 5.56 Å². The lowest BCUT2D eigenvalue weighted by Gasteiger charge is -2.03. The number of hydrazone groups is 1. The third-order valence-corrected chi connectivity index (χ3v) is 3.05. The summed E-state index contributed by atoms with van der Waals surface area (Å²) in [5.41, 5.74) is 4.00. The molecule has 0 bridgehead atoms. The number of amides is 1. The van der Waals surface area contributed by atoms with Gasteiger partial charge in [0.15, 0.2) is 12.4 Å². The quantitative estimate of drug-likeness (QED) is 0.523. The second kappa shape index (κ2) is 6.82. The summed E-state index contributed by atoms with van der Waals surface area (Å²) in [6.45, 7) is 2.03. The van der Waals surface area contributed by atoms with Crippen LogP contribution >= 0.6 is 11.6 Å². The first-order valence-corrected chi connectivity index (χ1v) is 6.57. The zero-order valence-corrected chi connectivity index (χ0v) is 11.8. The molecular weight excluding hydrogens is 274 g/mol. The molecule has 0 fully saturated rings. The van der Waals surface area contributed by atoms with E-state index < -0.39 is 0 Å². The van der Waals surface area contributed by atoms with E-state index in [1.807, 2.05) is 48.8 Å². The zero-order chi connectivity index (χ0) is 14.4. The molecular formula is C15H15ClN3O+. The molecule has 2 rings (SSSR count). The van der Waals surface area contributed by atoms with Gasteiger partial charge in [0.25, 0.3) is 0 Å². The molecule has 0 aliphatic carbocycles. The average Bonchev–Trinajstić information content (AvgIpc) is 2.46. The minimum absolute atomic E-state index is 0.187. The zero-order valence-electron chi connectivity index (χ0n) is 11.1. The number of nitrogens with one attached hydrogen (secondary N) is 1. The van der Waals surface area contributed by atoms with Gasteiger partial charge in [0.2, 0.25) is 6.54 Å². The second-order valence-electron chi connectivity index (χ2n) is 4.26. The number of carbonyl (C=O) groups excluding carboxylic acids is 1. The van der Waals surface area contributed by atoms with Gasteiger partial charge in [0.1, 0.15) is 0 Å². The first kappa shape index (κ1) is 14.2. The van der Waals surface area contributed by atoms with Crippen LogP contribution < -0.4 is 9.99 Å². The minimum atomic E-state index is -0.187. The molecule has 0 radical (unpaired) electrons. The fourth-order valence-electron chi connectivity index (χ4n) is 1.70. The molecule has 4 nitrogen and oxygen atoms in total. The van der Waals surface area contributed by atoms with Crippen LogP contribution in [0.5, 0.6) is 0 Å². The second-order valence-corrected chi connectivity index (χ2v) is 4.67. The van der Waals surface area contributed by atoms with Crippen molar-refractivity contribution in [3.05, 3.63) is 65.4 Å². The number of pyridine rings is 1. The Bertz CT molecular complexity index is 626. The SMILES string of the molecule is CC(=NNC(=O)C[n+]1ccccc1)c1ccccc1Cl. The molecule has 102 valence electrons. The number of benzene rings is 1.